The molecule has 0 heterocycles. The van der Waals surface area contributed by atoms with Crippen molar-refractivity contribution >= 4 is 23.2 Å². The van der Waals surface area contributed by atoms with Gasteiger partial charge in [0.05, 0.1) is 0 Å². The Morgan fingerprint density at radius 2 is 1.73 bits per heavy atom. The second-order valence-electron chi connectivity index (χ2n) is 2.42. The molecular weight excluding hydrogens is 179 g/mol. The van der Waals surface area contributed by atoms with Gasteiger partial charge in [-0.15, -0.1) is 0 Å². The molecule has 0 fully saturated rings. The van der Waals surface area contributed by atoms with Gasteiger partial charge in [0.1, 0.15) is 4.33 Å². The van der Waals surface area contributed by atoms with E-state index in [2.05, 4.69) is 0 Å². The molecule has 1 aromatic carbocycles. The van der Waals surface area contributed by atoms with Crippen molar-refractivity contribution in [2.45, 2.75) is 17.7 Å². The van der Waals surface area contributed by atoms with E-state index in [0.717, 1.165) is 12.0 Å². The van der Waals surface area contributed by atoms with Crippen molar-refractivity contribution in [3.8, 4) is 0 Å². The third-order valence-electron chi connectivity index (χ3n) is 1.64. The summed E-state index contributed by atoms with van der Waals surface area (Å²) in [4.78, 5) is 0. The van der Waals surface area contributed by atoms with Gasteiger partial charge >= 0.3 is 0 Å². The van der Waals surface area contributed by atoms with Gasteiger partial charge in [-0.1, -0.05) is 60.5 Å². The van der Waals surface area contributed by atoms with E-state index >= 15 is 0 Å². The molecule has 0 nitrogen and oxygen atoms in total. The van der Waals surface area contributed by atoms with E-state index in [9.17, 15) is 0 Å². The van der Waals surface area contributed by atoms with Crippen LogP contribution in [0.5, 0.6) is 0 Å². The summed E-state index contributed by atoms with van der Waals surface area (Å²) >= 11 is 12.0. The van der Waals surface area contributed by atoms with Crippen molar-refractivity contribution in [3.63, 3.8) is 0 Å². The Bertz CT molecular complexity index is 216. The predicted octanol–water partition coefficient (Wildman–Crippen LogP) is 3.73. The van der Waals surface area contributed by atoms with Crippen molar-refractivity contribution in [1.29, 1.82) is 0 Å². The van der Waals surface area contributed by atoms with E-state index in [1.165, 1.54) is 0 Å². The van der Waals surface area contributed by atoms with Gasteiger partial charge in [0.15, 0.2) is 0 Å². The second-order valence-corrected chi connectivity index (χ2v) is 3.91. The Labute approximate surface area is 77.1 Å². The van der Waals surface area contributed by atoms with Gasteiger partial charge in [-0.2, -0.15) is 0 Å². The van der Waals surface area contributed by atoms with Crippen LogP contribution in [0.2, 0.25) is 0 Å². The molecule has 0 saturated heterocycles. The summed E-state index contributed by atoms with van der Waals surface area (Å²) in [7, 11) is 0. The van der Waals surface area contributed by atoms with Gasteiger partial charge in [-0.25, -0.2) is 0 Å². The average Bonchev–Trinajstić information content (AvgIpc) is 2.06. The monoisotopic (exact) mass is 188 g/mol. The fourth-order valence-corrected chi connectivity index (χ4v) is 1.14. The van der Waals surface area contributed by atoms with E-state index in [1.54, 1.807) is 0 Å². The summed E-state index contributed by atoms with van der Waals surface area (Å²) in [5.74, 6) is 0. The zero-order valence-corrected chi connectivity index (χ0v) is 7.86. The number of hydrogen-bond donors (Lipinski definition) is 0. The molecule has 0 aromatic heterocycles. The van der Waals surface area contributed by atoms with Crippen molar-refractivity contribution in [2.24, 2.45) is 0 Å². The van der Waals surface area contributed by atoms with E-state index in [1.807, 2.05) is 37.3 Å². The van der Waals surface area contributed by atoms with Crippen molar-refractivity contribution < 1.29 is 0 Å². The minimum Gasteiger partial charge on any atom is -0.0963 e. The maximum Gasteiger partial charge on any atom is 0.142 e. The zero-order chi connectivity index (χ0) is 8.32. The quantitative estimate of drug-likeness (QED) is 0.622. The lowest BCUT2D eigenvalue weighted by atomic mass is 10.1. The summed E-state index contributed by atoms with van der Waals surface area (Å²) in [5.41, 5.74) is 0.964. The summed E-state index contributed by atoms with van der Waals surface area (Å²) in [6.07, 6.45) is 0.722. The first kappa shape index (κ1) is 8.89. The molecule has 1 rings (SSSR count). The summed E-state index contributed by atoms with van der Waals surface area (Å²) in [6, 6.07) is 9.69. The lowest BCUT2D eigenvalue weighted by molar-refractivity contribution is 0.805. The van der Waals surface area contributed by atoms with Crippen molar-refractivity contribution in [2.75, 3.05) is 0 Å². The molecule has 0 aliphatic heterocycles. The molecule has 0 atom stereocenters. The number of alkyl halides is 2. The first-order valence-corrected chi connectivity index (χ1v) is 4.36. The summed E-state index contributed by atoms with van der Waals surface area (Å²) < 4.78 is -0.721. The third kappa shape index (κ3) is 2.11. The Kier molecular flexibility index (Phi) is 2.80. The fourth-order valence-electron chi connectivity index (χ4n) is 0.886. The van der Waals surface area contributed by atoms with Crippen LogP contribution in [0.3, 0.4) is 0 Å². The fraction of sp³-hybridized carbons (Fsp3) is 0.333. The van der Waals surface area contributed by atoms with E-state index in [0.29, 0.717) is 0 Å². The van der Waals surface area contributed by atoms with Crippen LogP contribution in [-0.2, 0) is 4.33 Å². The van der Waals surface area contributed by atoms with Crippen molar-refractivity contribution in [1.82, 2.24) is 0 Å². The molecule has 0 aliphatic carbocycles. The lowest BCUT2D eigenvalue weighted by Crippen LogP contribution is -2.07. The van der Waals surface area contributed by atoms with E-state index < -0.39 is 4.33 Å². The Balaban J connectivity index is 2.93. The van der Waals surface area contributed by atoms with Gasteiger partial charge in [-0.3, -0.25) is 0 Å². The molecule has 0 amide bonds. The van der Waals surface area contributed by atoms with Crippen LogP contribution < -0.4 is 0 Å². The largest absolute Gasteiger partial charge is 0.142 e. The molecule has 0 bridgehead atoms. The molecule has 0 saturated carbocycles. The first-order chi connectivity index (χ1) is 5.17. The SMILES string of the molecule is CCC(Cl)(Cl)c1ccccc1. The molecule has 0 aliphatic rings. The highest BCUT2D eigenvalue weighted by Crippen LogP contribution is 2.36. The van der Waals surface area contributed by atoms with Crippen LogP contribution in [-0.4, -0.2) is 0 Å². The van der Waals surface area contributed by atoms with Crippen molar-refractivity contribution in [3.05, 3.63) is 35.9 Å². The normalized spacial score (nSPS) is 11.5. The van der Waals surface area contributed by atoms with Crippen LogP contribution in [0.4, 0.5) is 0 Å². The van der Waals surface area contributed by atoms with Gasteiger partial charge < -0.3 is 0 Å². The number of halogens is 2. The standard InChI is InChI=1S/C9H10Cl2/c1-2-9(10,11)8-6-4-3-5-7-8/h3-7H,2H2,1H3. The van der Waals surface area contributed by atoms with Crippen LogP contribution in [0.15, 0.2) is 30.3 Å². The molecule has 0 radical (unpaired) electrons. The number of rotatable bonds is 2. The highest BCUT2D eigenvalue weighted by Gasteiger charge is 2.22. The van der Waals surface area contributed by atoms with Gasteiger partial charge in [0, 0.05) is 0 Å². The molecule has 60 valence electrons. The van der Waals surface area contributed by atoms with Gasteiger partial charge in [0.2, 0.25) is 0 Å². The minimum absolute atomic E-state index is 0.721. The summed E-state index contributed by atoms with van der Waals surface area (Å²) in [5, 5.41) is 0. The molecule has 11 heavy (non-hydrogen) atoms. The summed E-state index contributed by atoms with van der Waals surface area (Å²) in [6.45, 7) is 1.97. The Morgan fingerprint density at radius 3 is 2.18 bits per heavy atom. The Hall–Kier alpha value is -0.200. The highest BCUT2D eigenvalue weighted by atomic mass is 35.5. The van der Waals surface area contributed by atoms with E-state index in [-0.39, 0.29) is 0 Å². The minimum atomic E-state index is -0.721. The van der Waals surface area contributed by atoms with Crippen LogP contribution in [0.1, 0.15) is 18.9 Å². The smallest absolute Gasteiger partial charge is 0.0963 e. The number of hydrogen-bond acceptors (Lipinski definition) is 0. The van der Waals surface area contributed by atoms with Crippen LogP contribution in [0.25, 0.3) is 0 Å². The highest BCUT2D eigenvalue weighted by molar-refractivity contribution is 6.47. The lowest BCUT2D eigenvalue weighted by Gasteiger charge is -2.16. The predicted molar refractivity (Wildman–Crippen MR) is 50.1 cm³/mol. The molecule has 1 aromatic rings. The average molecular weight is 189 g/mol. The molecular formula is C9H10Cl2. The van der Waals surface area contributed by atoms with Crippen LogP contribution >= 0.6 is 23.2 Å². The molecule has 0 spiro atoms. The van der Waals surface area contributed by atoms with Gasteiger partial charge in [-0.05, 0) is 12.0 Å². The van der Waals surface area contributed by atoms with Gasteiger partial charge in [0.25, 0.3) is 0 Å². The maximum atomic E-state index is 6.01. The van der Waals surface area contributed by atoms with Crippen LogP contribution in [0, 0.1) is 0 Å². The number of benzene rings is 1. The third-order valence-corrected chi connectivity index (χ3v) is 2.61. The topological polar surface area (TPSA) is 0 Å². The molecule has 0 unspecified atom stereocenters. The maximum absolute atomic E-state index is 6.01. The Morgan fingerprint density at radius 1 is 1.18 bits per heavy atom. The molecule has 0 N–H and O–H groups in total. The second kappa shape index (κ2) is 3.46. The first-order valence-electron chi connectivity index (χ1n) is 3.60. The molecule has 2 heteroatoms. The zero-order valence-electron chi connectivity index (χ0n) is 6.35. The van der Waals surface area contributed by atoms with E-state index in [4.69, 9.17) is 23.2 Å².